The molecule has 0 aliphatic heterocycles. The molecule has 2 saturated carbocycles. The summed E-state index contributed by atoms with van der Waals surface area (Å²) < 4.78 is 48.1. The molecule has 2 heterocycles. The summed E-state index contributed by atoms with van der Waals surface area (Å²) in [5, 5.41) is 21.6. The number of aromatic nitrogens is 4. The fourth-order valence-electron chi connectivity index (χ4n) is 4.15. The lowest BCUT2D eigenvalue weighted by Crippen LogP contribution is -2.60. The van der Waals surface area contributed by atoms with Crippen molar-refractivity contribution in [3.05, 3.63) is 12.7 Å². The summed E-state index contributed by atoms with van der Waals surface area (Å²) in [6, 6.07) is -0.835. The summed E-state index contributed by atoms with van der Waals surface area (Å²) in [4.78, 5) is 48.0. The molecule has 3 unspecified atom stereocenters. The molecule has 0 radical (unpaired) electrons. The highest BCUT2D eigenvalue weighted by Crippen LogP contribution is 2.73. The van der Waals surface area contributed by atoms with Crippen LogP contribution in [0.3, 0.4) is 0 Å². The van der Waals surface area contributed by atoms with Crippen LogP contribution in [0.15, 0.2) is 12.7 Å². The van der Waals surface area contributed by atoms with E-state index in [0.29, 0.717) is 0 Å². The van der Waals surface area contributed by atoms with Gasteiger partial charge in [-0.05, 0) is 6.92 Å². The van der Waals surface area contributed by atoms with E-state index >= 15 is 0 Å². The van der Waals surface area contributed by atoms with Crippen molar-refractivity contribution in [2.24, 2.45) is 5.92 Å². The van der Waals surface area contributed by atoms with Crippen LogP contribution < -0.4 is 5.73 Å². The fourth-order valence-corrected chi connectivity index (χ4v) is 7.44. The lowest BCUT2D eigenvalue weighted by molar-refractivity contribution is -0.187. The van der Waals surface area contributed by atoms with Crippen molar-refractivity contribution in [1.29, 1.82) is 0 Å². The van der Waals surface area contributed by atoms with Crippen molar-refractivity contribution < 1.29 is 56.8 Å². The Kier molecular flexibility index (Phi) is 5.28. The van der Waals surface area contributed by atoms with E-state index in [4.69, 9.17) is 20.3 Å². The number of phosphoric acid groups is 2. The smallest absolute Gasteiger partial charge is 0.385 e. The average molecular weight is 517 g/mol. The van der Waals surface area contributed by atoms with Crippen LogP contribution in [0.2, 0.25) is 0 Å². The van der Waals surface area contributed by atoms with Crippen molar-refractivity contribution in [2.45, 2.75) is 30.3 Å². The molecule has 0 bridgehead atoms. The summed E-state index contributed by atoms with van der Waals surface area (Å²) in [6.45, 7) is 1.30. The fraction of sp³-hybridized carbons (Fsp3) is 0.583. The second-order valence-corrected chi connectivity index (χ2v) is 12.3. The first-order valence-corrected chi connectivity index (χ1v) is 13.4. The van der Waals surface area contributed by atoms with E-state index in [1.807, 2.05) is 0 Å². The van der Waals surface area contributed by atoms with Gasteiger partial charge >= 0.3 is 23.2 Å². The molecule has 0 aromatic carbocycles. The number of imidazole rings is 1. The number of aliphatic hydroxyl groups is 2. The van der Waals surface area contributed by atoms with Gasteiger partial charge in [0.15, 0.2) is 11.5 Å². The number of nitrogens with zero attached hydrogens (tertiary/aromatic N) is 4. The zero-order valence-electron chi connectivity index (χ0n) is 15.9. The Labute approximate surface area is 178 Å². The van der Waals surface area contributed by atoms with Crippen LogP contribution >= 0.6 is 23.2 Å². The van der Waals surface area contributed by atoms with Crippen LogP contribution in [0.5, 0.6) is 0 Å². The standard InChI is InChI=1S/C12H18N5O12P3/c1-11(18)7(17-3-16-6-9(13)14-2-15-10(6)17)5-8(12(5,11)19)27-4-30(20,21)28-32(25,26)29-31(22,23)24/h2-3,5,7-8,18-19H,4H2,1H3,(H,20,21)(H,25,26)(H2,13,14,15)(H2,22,23,24)/t5?,7-,8+,11+,12+/m1/s1. The molecule has 7 atom stereocenters. The lowest BCUT2D eigenvalue weighted by Gasteiger charge is -2.46. The second-order valence-electron chi connectivity index (χ2n) is 7.50. The molecule has 8 N–H and O–H groups in total. The number of anilines is 1. The van der Waals surface area contributed by atoms with E-state index in [-0.39, 0.29) is 17.0 Å². The number of hydrogen-bond donors (Lipinski definition) is 7. The minimum Gasteiger partial charge on any atom is -0.385 e. The predicted molar refractivity (Wildman–Crippen MR) is 101 cm³/mol. The molecule has 2 fully saturated rings. The Morgan fingerprint density at radius 3 is 2.41 bits per heavy atom. The topological polar surface area (TPSA) is 270 Å². The van der Waals surface area contributed by atoms with Crippen molar-refractivity contribution >= 4 is 40.2 Å². The van der Waals surface area contributed by atoms with Gasteiger partial charge < -0.3 is 44.8 Å². The monoisotopic (exact) mass is 517 g/mol. The van der Waals surface area contributed by atoms with Gasteiger partial charge in [0.25, 0.3) is 0 Å². The quantitative estimate of drug-likeness (QED) is 0.203. The minimum absolute atomic E-state index is 0.0934. The van der Waals surface area contributed by atoms with E-state index in [2.05, 4.69) is 23.6 Å². The third-order valence-corrected chi connectivity index (χ3v) is 9.43. The van der Waals surface area contributed by atoms with Crippen molar-refractivity contribution in [3.63, 3.8) is 0 Å². The number of fused-ring (bicyclic) bond motifs is 2. The zero-order valence-corrected chi connectivity index (χ0v) is 18.6. The van der Waals surface area contributed by atoms with E-state index in [1.54, 1.807) is 0 Å². The molecule has 2 aliphatic rings. The van der Waals surface area contributed by atoms with Crippen molar-refractivity contribution in [1.82, 2.24) is 19.5 Å². The van der Waals surface area contributed by atoms with E-state index in [1.165, 1.54) is 24.1 Å². The highest BCUT2D eigenvalue weighted by molar-refractivity contribution is 7.68. The summed E-state index contributed by atoms with van der Waals surface area (Å²) in [5.74, 6) is -0.700. The van der Waals surface area contributed by atoms with Gasteiger partial charge in [0.05, 0.1) is 18.5 Å². The summed E-state index contributed by atoms with van der Waals surface area (Å²) >= 11 is 0. The Morgan fingerprint density at radius 1 is 1.12 bits per heavy atom. The SMILES string of the molecule is C[C@]1(O)[C@H](n2cnc3c(N)ncnc32)C2[C@H](OCP(=O)(O)OP(=O)(O)OP(=O)(O)O)[C@@]21O. The Hall–Kier alpha value is -1.32. The number of hydrogen-bond acceptors (Lipinski definition) is 12. The molecule has 4 rings (SSSR count). The normalized spacial score (nSPS) is 35.5. The minimum atomic E-state index is -5.62. The Balaban J connectivity index is 1.49. The zero-order chi connectivity index (χ0) is 23.9. The highest BCUT2D eigenvalue weighted by Gasteiger charge is 2.88. The molecule has 20 heteroatoms. The first kappa shape index (κ1) is 23.8. The van der Waals surface area contributed by atoms with Crippen LogP contribution in [0, 0.1) is 5.92 Å². The maximum atomic E-state index is 12.0. The molecular weight excluding hydrogens is 499 g/mol. The van der Waals surface area contributed by atoms with E-state index in [9.17, 15) is 33.7 Å². The first-order chi connectivity index (χ1) is 14.5. The van der Waals surface area contributed by atoms with Gasteiger partial charge in [-0.1, -0.05) is 0 Å². The molecule has 0 spiro atoms. The molecule has 178 valence electrons. The van der Waals surface area contributed by atoms with Crippen LogP contribution in [0.25, 0.3) is 11.2 Å². The van der Waals surface area contributed by atoms with Crippen LogP contribution in [-0.2, 0) is 27.1 Å². The average Bonchev–Trinajstić information content (AvgIpc) is 2.91. The van der Waals surface area contributed by atoms with Crippen LogP contribution in [0.1, 0.15) is 13.0 Å². The second kappa shape index (κ2) is 7.09. The summed E-state index contributed by atoms with van der Waals surface area (Å²) in [5.41, 5.74) is 2.63. The number of nitrogens with two attached hydrogens (primary N) is 1. The summed E-state index contributed by atoms with van der Waals surface area (Å²) in [7, 11) is -16.2. The van der Waals surface area contributed by atoms with Gasteiger partial charge in [-0.25, -0.2) is 28.4 Å². The summed E-state index contributed by atoms with van der Waals surface area (Å²) in [6.07, 6.45) is 0.0473. The lowest BCUT2D eigenvalue weighted by atomic mass is 9.73. The number of ether oxygens (including phenoxy) is 1. The van der Waals surface area contributed by atoms with Gasteiger partial charge in [0.1, 0.15) is 29.4 Å². The number of rotatable bonds is 8. The molecule has 32 heavy (non-hydrogen) atoms. The number of nitrogen functional groups attached to an aromatic ring is 1. The van der Waals surface area contributed by atoms with Crippen molar-refractivity contribution in [3.8, 4) is 0 Å². The van der Waals surface area contributed by atoms with Gasteiger partial charge in [0.2, 0.25) is 0 Å². The van der Waals surface area contributed by atoms with Crippen LogP contribution in [-0.4, -0.2) is 73.0 Å². The third kappa shape index (κ3) is 3.74. The Bertz CT molecular complexity index is 1230. The largest absolute Gasteiger partial charge is 0.488 e. The third-order valence-electron chi connectivity index (χ3n) is 5.43. The van der Waals surface area contributed by atoms with Gasteiger partial charge in [-0.15, -0.1) is 0 Å². The van der Waals surface area contributed by atoms with E-state index in [0.717, 1.165) is 0 Å². The maximum absolute atomic E-state index is 12.0. The van der Waals surface area contributed by atoms with Gasteiger partial charge in [-0.2, -0.15) is 4.31 Å². The predicted octanol–water partition coefficient (Wildman–Crippen LogP) is -1.17. The molecule has 17 nitrogen and oxygen atoms in total. The van der Waals surface area contributed by atoms with Crippen molar-refractivity contribution in [2.75, 3.05) is 12.1 Å². The highest BCUT2D eigenvalue weighted by atomic mass is 31.3. The molecule has 0 amide bonds. The molecular formula is C12H18N5O12P3. The van der Waals surface area contributed by atoms with E-state index < -0.39 is 58.9 Å². The molecule has 0 saturated heterocycles. The molecule has 2 aromatic rings. The molecule has 2 aromatic heterocycles. The van der Waals surface area contributed by atoms with Gasteiger partial charge in [0, 0.05) is 5.92 Å². The van der Waals surface area contributed by atoms with Crippen LogP contribution in [0.4, 0.5) is 5.82 Å². The Morgan fingerprint density at radius 2 is 1.78 bits per heavy atom. The van der Waals surface area contributed by atoms with Gasteiger partial charge in [-0.3, -0.25) is 4.57 Å². The first-order valence-electron chi connectivity index (χ1n) is 8.62. The maximum Gasteiger partial charge on any atom is 0.488 e. The molecule has 2 aliphatic carbocycles.